The van der Waals surface area contributed by atoms with E-state index in [0.717, 1.165) is 10.2 Å². The van der Waals surface area contributed by atoms with Gasteiger partial charge in [-0.3, -0.25) is 0 Å². The zero-order valence-corrected chi connectivity index (χ0v) is 11.9. The number of carbonyl (C=O) groups excluding carboxylic acids is 1. The van der Waals surface area contributed by atoms with Gasteiger partial charge in [0.15, 0.2) is 0 Å². The van der Waals surface area contributed by atoms with Gasteiger partial charge in [-0.15, -0.1) is 11.3 Å². The van der Waals surface area contributed by atoms with Crippen LogP contribution >= 0.6 is 11.3 Å². The van der Waals surface area contributed by atoms with Gasteiger partial charge in [-0.1, -0.05) is 13.8 Å². The van der Waals surface area contributed by atoms with Gasteiger partial charge < -0.3 is 15.7 Å². The van der Waals surface area contributed by atoms with E-state index in [1.165, 1.54) is 11.3 Å². The molecule has 20 heavy (non-hydrogen) atoms. The summed E-state index contributed by atoms with van der Waals surface area (Å²) in [6.45, 7) is 3.48. The normalized spacial score (nSPS) is 12.3. The molecule has 6 nitrogen and oxygen atoms in total. The molecule has 0 bridgehead atoms. The number of anilines is 1. The highest BCUT2D eigenvalue weighted by atomic mass is 32.1. The van der Waals surface area contributed by atoms with E-state index in [-0.39, 0.29) is 5.92 Å². The van der Waals surface area contributed by atoms with E-state index in [2.05, 4.69) is 15.6 Å². The molecule has 0 unspecified atom stereocenters. The van der Waals surface area contributed by atoms with Crippen LogP contribution in [0.25, 0.3) is 10.2 Å². The summed E-state index contributed by atoms with van der Waals surface area (Å²) in [6.07, 6.45) is 0. The lowest BCUT2D eigenvalue weighted by molar-refractivity contribution is -0.140. The topological polar surface area (TPSA) is 91.3 Å². The van der Waals surface area contributed by atoms with E-state index in [1.807, 2.05) is 0 Å². The average Bonchev–Trinajstić information content (AvgIpc) is 2.82. The van der Waals surface area contributed by atoms with E-state index in [4.69, 9.17) is 5.11 Å². The number of rotatable bonds is 4. The standard InChI is InChI=1S/C13H15N3O3S/c1-7(2)11(12(17)18)16-13(19)15-8-3-4-9-10(5-8)20-6-14-9/h3-7,11H,1-2H3,(H,17,18)(H2,15,16,19)/t11-/m1/s1. The minimum atomic E-state index is -1.05. The van der Waals surface area contributed by atoms with E-state index in [9.17, 15) is 9.59 Å². The van der Waals surface area contributed by atoms with Gasteiger partial charge in [0, 0.05) is 5.69 Å². The number of urea groups is 1. The van der Waals surface area contributed by atoms with Gasteiger partial charge in [-0.05, 0) is 24.1 Å². The Morgan fingerprint density at radius 1 is 1.35 bits per heavy atom. The number of carboxylic acids is 1. The van der Waals surface area contributed by atoms with Crippen molar-refractivity contribution >= 4 is 39.2 Å². The Labute approximate surface area is 119 Å². The summed E-state index contributed by atoms with van der Waals surface area (Å²) in [6, 6.07) is 3.89. The van der Waals surface area contributed by atoms with Crippen LogP contribution in [0.4, 0.5) is 10.5 Å². The number of nitrogens with zero attached hydrogens (tertiary/aromatic N) is 1. The van der Waals surface area contributed by atoms with Crippen molar-refractivity contribution in [2.75, 3.05) is 5.32 Å². The number of carbonyl (C=O) groups is 2. The third kappa shape index (κ3) is 3.24. The summed E-state index contributed by atoms with van der Waals surface area (Å²) >= 11 is 1.48. The minimum Gasteiger partial charge on any atom is -0.480 e. The zero-order chi connectivity index (χ0) is 14.7. The number of hydrogen-bond acceptors (Lipinski definition) is 4. The number of hydrogen-bond donors (Lipinski definition) is 3. The Morgan fingerprint density at radius 3 is 2.75 bits per heavy atom. The molecule has 0 radical (unpaired) electrons. The van der Waals surface area contributed by atoms with E-state index < -0.39 is 18.0 Å². The third-order valence-corrected chi connectivity index (χ3v) is 3.60. The number of fused-ring (bicyclic) bond motifs is 1. The van der Waals surface area contributed by atoms with Crippen molar-refractivity contribution < 1.29 is 14.7 Å². The molecule has 2 amide bonds. The molecule has 0 saturated carbocycles. The summed E-state index contributed by atoms with van der Waals surface area (Å²) < 4.78 is 0.960. The number of carboxylic acid groups (broad SMARTS) is 1. The molecule has 106 valence electrons. The van der Waals surface area contributed by atoms with Crippen LogP contribution in [-0.2, 0) is 4.79 Å². The number of benzene rings is 1. The van der Waals surface area contributed by atoms with E-state index in [0.29, 0.717) is 5.69 Å². The quantitative estimate of drug-likeness (QED) is 0.807. The second-order valence-corrected chi connectivity index (χ2v) is 5.58. The predicted molar refractivity (Wildman–Crippen MR) is 78.0 cm³/mol. The third-order valence-electron chi connectivity index (χ3n) is 2.81. The van der Waals surface area contributed by atoms with Gasteiger partial charge in [-0.2, -0.15) is 0 Å². The smallest absolute Gasteiger partial charge is 0.326 e. The van der Waals surface area contributed by atoms with Crippen LogP contribution in [0.15, 0.2) is 23.7 Å². The van der Waals surface area contributed by atoms with Crippen LogP contribution in [-0.4, -0.2) is 28.1 Å². The van der Waals surface area contributed by atoms with E-state index >= 15 is 0 Å². The maximum absolute atomic E-state index is 11.8. The van der Waals surface area contributed by atoms with Crippen molar-refractivity contribution in [1.82, 2.24) is 10.3 Å². The Hall–Kier alpha value is -2.15. The molecule has 1 atom stereocenters. The van der Waals surface area contributed by atoms with Crippen molar-refractivity contribution in [3.8, 4) is 0 Å². The van der Waals surface area contributed by atoms with Crippen molar-refractivity contribution in [1.29, 1.82) is 0 Å². The number of aliphatic carboxylic acids is 1. The Morgan fingerprint density at radius 2 is 2.10 bits per heavy atom. The summed E-state index contributed by atoms with van der Waals surface area (Å²) in [4.78, 5) is 27.0. The first-order chi connectivity index (χ1) is 9.47. The van der Waals surface area contributed by atoms with Gasteiger partial charge in [0.25, 0.3) is 0 Å². The highest BCUT2D eigenvalue weighted by Gasteiger charge is 2.23. The molecule has 0 aliphatic heterocycles. The Balaban J connectivity index is 2.05. The molecule has 0 aliphatic rings. The molecule has 7 heteroatoms. The second-order valence-electron chi connectivity index (χ2n) is 4.69. The monoisotopic (exact) mass is 293 g/mol. The highest BCUT2D eigenvalue weighted by molar-refractivity contribution is 7.16. The van der Waals surface area contributed by atoms with Crippen LogP contribution in [0, 0.1) is 5.92 Å². The van der Waals surface area contributed by atoms with Crippen LogP contribution in [0.3, 0.4) is 0 Å². The lowest BCUT2D eigenvalue weighted by Gasteiger charge is -2.18. The number of aromatic nitrogens is 1. The molecular formula is C13H15N3O3S. The molecule has 1 aromatic carbocycles. The van der Waals surface area contributed by atoms with Crippen molar-refractivity contribution in [2.45, 2.75) is 19.9 Å². The molecule has 0 aliphatic carbocycles. The van der Waals surface area contributed by atoms with Gasteiger partial charge in [0.2, 0.25) is 0 Å². The lowest BCUT2D eigenvalue weighted by atomic mass is 10.1. The van der Waals surface area contributed by atoms with Gasteiger partial charge in [0.1, 0.15) is 6.04 Å². The minimum absolute atomic E-state index is 0.192. The van der Waals surface area contributed by atoms with Crippen molar-refractivity contribution in [2.24, 2.45) is 5.92 Å². The molecule has 0 spiro atoms. The molecule has 2 aromatic rings. The van der Waals surface area contributed by atoms with Gasteiger partial charge in [0.05, 0.1) is 15.7 Å². The van der Waals surface area contributed by atoms with Gasteiger partial charge >= 0.3 is 12.0 Å². The van der Waals surface area contributed by atoms with Crippen molar-refractivity contribution in [3.05, 3.63) is 23.7 Å². The summed E-state index contributed by atoms with van der Waals surface area (Å²) in [5, 5.41) is 14.1. The van der Waals surface area contributed by atoms with E-state index in [1.54, 1.807) is 37.6 Å². The molecule has 0 fully saturated rings. The first-order valence-electron chi connectivity index (χ1n) is 6.11. The van der Waals surface area contributed by atoms with Crippen LogP contribution in [0.2, 0.25) is 0 Å². The largest absolute Gasteiger partial charge is 0.480 e. The van der Waals surface area contributed by atoms with Crippen molar-refractivity contribution in [3.63, 3.8) is 0 Å². The number of amides is 2. The first-order valence-corrected chi connectivity index (χ1v) is 6.99. The second kappa shape index (κ2) is 5.87. The number of nitrogens with one attached hydrogen (secondary N) is 2. The molecule has 2 rings (SSSR count). The van der Waals surface area contributed by atoms with Crippen LogP contribution in [0.1, 0.15) is 13.8 Å². The first kappa shape index (κ1) is 14.3. The summed E-state index contributed by atoms with van der Waals surface area (Å²) in [5.74, 6) is -1.24. The lowest BCUT2D eigenvalue weighted by Crippen LogP contribution is -2.46. The Kier molecular flexibility index (Phi) is 4.19. The zero-order valence-electron chi connectivity index (χ0n) is 11.1. The Bertz CT molecular complexity index is 639. The molecule has 1 heterocycles. The summed E-state index contributed by atoms with van der Waals surface area (Å²) in [5.41, 5.74) is 3.20. The van der Waals surface area contributed by atoms with Crippen LogP contribution in [0.5, 0.6) is 0 Å². The molecule has 3 N–H and O–H groups in total. The van der Waals surface area contributed by atoms with Crippen LogP contribution < -0.4 is 10.6 Å². The molecule has 0 saturated heterocycles. The fourth-order valence-electron chi connectivity index (χ4n) is 1.75. The highest BCUT2D eigenvalue weighted by Crippen LogP contribution is 2.21. The fraction of sp³-hybridized carbons (Fsp3) is 0.308. The molecule has 1 aromatic heterocycles. The average molecular weight is 293 g/mol. The fourth-order valence-corrected chi connectivity index (χ4v) is 2.47. The van der Waals surface area contributed by atoms with Gasteiger partial charge in [-0.25, -0.2) is 14.6 Å². The SMILES string of the molecule is CC(C)[C@@H](NC(=O)Nc1ccc2ncsc2c1)C(=O)O. The summed E-state index contributed by atoms with van der Waals surface area (Å²) in [7, 11) is 0. The molecular weight excluding hydrogens is 278 g/mol. The predicted octanol–water partition coefficient (Wildman–Crippen LogP) is 2.53. The number of thiazole rings is 1. The maximum atomic E-state index is 11.8. The maximum Gasteiger partial charge on any atom is 0.326 e.